The summed E-state index contributed by atoms with van der Waals surface area (Å²) in [7, 11) is 0. The van der Waals surface area contributed by atoms with Gasteiger partial charge in [0.2, 0.25) is 0 Å². The fraction of sp³-hybridized carbons (Fsp3) is 0. The summed E-state index contributed by atoms with van der Waals surface area (Å²) >= 11 is 12.1. The summed E-state index contributed by atoms with van der Waals surface area (Å²) in [6.45, 7) is 0. The predicted molar refractivity (Wildman–Crippen MR) is 92.8 cm³/mol. The van der Waals surface area contributed by atoms with Gasteiger partial charge in [0.1, 0.15) is 0 Å². The Balaban J connectivity index is 1.70. The molecule has 0 atom stereocenters. The predicted octanol–water partition coefficient (Wildman–Crippen LogP) is 5.58. The average Bonchev–Trinajstić information content (AvgIpc) is 3.07. The van der Waals surface area contributed by atoms with E-state index < -0.39 is 0 Å². The Bertz CT molecular complexity index is 815. The van der Waals surface area contributed by atoms with E-state index >= 15 is 0 Å². The van der Waals surface area contributed by atoms with E-state index in [1.165, 1.54) is 6.26 Å². The highest BCUT2D eigenvalue weighted by Crippen LogP contribution is 2.28. The van der Waals surface area contributed by atoms with Gasteiger partial charge in [0.15, 0.2) is 5.76 Å². The van der Waals surface area contributed by atoms with Gasteiger partial charge in [-0.2, -0.15) is 0 Å². The Labute approximate surface area is 143 Å². The molecule has 2 N–H and O–H groups in total. The lowest BCUT2D eigenvalue weighted by molar-refractivity contribution is 0.0996. The molecular formula is C17H12Cl2N2O2. The monoisotopic (exact) mass is 346 g/mol. The number of carbonyl (C=O) groups excluding carboxylic acids is 1. The van der Waals surface area contributed by atoms with Gasteiger partial charge in [0.25, 0.3) is 5.91 Å². The first-order chi connectivity index (χ1) is 11.1. The van der Waals surface area contributed by atoms with Gasteiger partial charge in [-0.3, -0.25) is 4.79 Å². The molecule has 0 saturated heterocycles. The molecule has 4 nitrogen and oxygen atoms in total. The third-order valence-corrected chi connectivity index (χ3v) is 3.66. The van der Waals surface area contributed by atoms with Gasteiger partial charge >= 0.3 is 0 Å². The van der Waals surface area contributed by atoms with Crippen LogP contribution in [0.15, 0.2) is 65.3 Å². The second-order valence-corrected chi connectivity index (χ2v) is 5.60. The lowest BCUT2D eigenvalue weighted by Gasteiger charge is -2.10. The van der Waals surface area contributed by atoms with E-state index in [2.05, 4.69) is 10.6 Å². The maximum absolute atomic E-state index is 11.9. The highest BCUT2D eigenvalue weighted by molar-refractivity contribution is 6.35. The van der Waals surface area contributed by atoms with E-state index in [1.807, 2.05) is 12.1 Å². The van der Waals surface area contributed by atoms with Gasteiger partial charge < -0.3 is 15.1 Å². The van der Waals surface area contributed by atoms with Gasteiger partial charge in [0, 0.05) is 16.4 Å². The molecule has 23 heavy (non-hydrogen) atoms. The second kappa shape index (κ2) is 6.77. The summed E-state index contributed by atoms with van der Waals surface area (Å²) < 4.78 is 5.04. The van der Waals surface area contributed by atoms with Gasteiger partial charge in [-0.05, 0) is 54.6 Å². The molecule has 0 aliphatic carbocycles. The first-order valence-corrected chi connectivity index (χ1v) is 7.54. The SMILES string of the molecule is O=C(Nc1ccc(Nc2cc(Cl)ccc2Cl)cc1)c1ccco1. The zero-order valence-corrected chi connectivity index (χ0v) is 13.4. The second-order valence-electron chi connectivity index (χ2n) is 4.76. The number of hydrogen-bond donors (Lipinski definition) is 2. The van der Waals surface area contributed by atoms with Crippen LogP contribution in [0.3, 0.4) is 0 Å². The summed E-state index contributed by atoms with van der Waals surface area (Å²) in [4.78, 5) is 11.9. The van der Waals surface area contributed by atoms with E-state index in [-0.39, 0.29) is 11.7 Å². The van der Waals surface area contributed by atoms with Crippen LogP contribution in [0.5, 0.6) is 0 Å². The van der Waals surface area contributed by atoms with Crippen molar-refractivity contribution in [3.8, 4) is 0 Å². The van der Waals surface area contributed by atoms with Crippen LogP contribution < -0.4 is 10.6 Å². The fourth-order valence-corrected chi connectivity index (χ4v) is 2.32. The zero-order valence-electron chi connectivity index (χ0n) is 11.8. The number of benzene rings is 2. The molecule has 0 bridgehead atoms. The van der Waals surface area contributed by atoms with Crippen molar-refractivity contribution in [1.82, 2.24) is 0 Å². The van der Waals surface area contributed by atoms with E-state index in [1.54, 1.807) is 42.5 Å². The molecule has 3 rings (SSSR count). The highest BCUT2D eigenvalue weighted by Gasteiger charge is 2.08. The summed E-state index contributed by atoms with van der Waals surface area (Å²) in [5, 5.41) is 7.09. The van der Waals surface area contributed by atoms with Crippen LogP contribution >= 0.6 is 23.2 Å². The molecule has 0 unspecified atom stereocenters. The first-order valence-electron chi connectivity index (χ1n) is 6.79. The Hall–Kier alpha value is -2.43. The number of halogens is 2. The minimum atomic E-state index is -0.298. The topological polar surface area (TPSA) is 54.3 Å². The molecule has 1 amide bonds. The maximum atomic E-state index is 11.9. The summed E-state index contributed by atoms with van der Waals surface area (Å²) in [6, 6.07) is 15.7. The van der Waals surface area contributed by atoms with Gasteiger partial charge in [-0.15, -0.1) is 0 Å². The summed E-state index contributed by atoms with van der Waals surface area (Å²) in [5.74, 6) is -0.0356. The fourth-order valence-electron chi connectivity index (χ4n) is 1.99. The number of rotatable bonds is 4. The van der Waals surface area contributed by atoms with Crippen LogP contribution in [-0.2, 0) is 0 Å². The van der Waals surface area contributed by atoms with Crippen molar-refractivity contribution in [1.29, 1.82) is 0 Å². The van der Waals surface area contributed by atoms with E-state index in [0.717, 1.165) is 5.69 Å². The van der Waals surface area contributed by atoms with Gasteiger partial charge in [-0.25, -0.2) is 0 Å². The molecule has 0 aliphatic rings. The number of hydrogen-bond acceptors (Lipinski definition) is 3. The molecule has 1 aromatic heterocycles. The number of carbonyl (C=O) groups is 1. The Morgan fingerprint density at radius 3 is 2.39 bits per heavy atom. The largest absolute Gasteiger partial charge is 0.459 e. The van der Waals surface area contributed by atoms with E-state index in [4.69, 9.17) is 27.6 Å². The third-order valence-electron chi connectivity index (χ3n) is 3.10. The first kappa shape index (κ1) is 15.5. The van der Waals surface area contributed by atoms with Crippen LogP contribution in [0.4, 0.5) is 17.1 Å². The molecule has 0 aliphatic heterocycles. The lowest BCUT2D eigenvalue weighted by atomic mass is 10.2. The Morgan fingerprint density at radius 1 is 0.957 bits per heavy atom. The molecule has 0 spiro atoms. The molecule has 2 aromatic carbocycles. The number of nitrogens with one attached hydrogen (secondary N) is 2. The Kier molecular flexibility index (Phi) is 4.55. The van der Waals surface area contributed by atoms with Crippen LogP contribution in [0.25, 0.3) is 0 Å². The molecule has 6 heteroatoms. The van der Waals surface area contributed by atoms with E-state index in [0.29, 0.717) is 21.4 Å². The molecule has 0 radical (unpaired) electrons. The summed E-state index contributed by atoms with van der Waals surface area (Å²) in [6.07, 6.45) is 1.46. The average molecular weight is 347 g/mol. The normalized spacial score (nSPS) is 10.3. The molecule has 116 valence electrons. The number of furan rings is 1. The van der Waals surface area contributed by atoms with Crippen molar-refractivity contribution in [2.45, 2.75) is 0 Å². The number of amides is 1. The molecular weight excluding hydrogens is 335 g/mol. The van der Waals surface area contributed by atoms with Gasteiger partial charge in [-0.1, -0.05) is 23.2 Å². The molecule has 0 fully saturated rings. The third kappa shape index (κ3) is 3.86. The molecule has 0 saturated carbocycles. The maximum Gasteiger partial charge on any atom is 0.291 e. The van der Waals surface area contributed by atoms with Crippen LogP contribution in [0.2, 0.25) is 10.0 Å². The standard InChI is InChI=1S/C17H12Cl2N2O2/c18-11-3-8-14(19)15(10-11)20-12-4-6-13(7-5-12)21-17(22)16-2-1-9-23-16/h1-10,20H,(H,21,22). The van der Waals surface area contributed by atoms with Crippen molar-refractivity contribution >= 4 is 46.2 Å². The van der Waals surface area contributed by atoms with Crippen molar-refractivity contribution in [3.63, 3.8) is 0 Å². The quantitative estimate of drug-likeness (QED) is 0.648. The van der Waals surface area contributed by atoms with Crippen LogP contribution in [0, 0.1) is 0 Å². The van der Waals surface area contributed by atoms with Crippen molar-refractivity contribution in [2.24, 2.45) is 0 Å². The number of anilines is 3. The molecule has 3 aromatic rings. The highest BCUT2D eigenvalue weighted by atomic mass is 35.5. The van der Waals surface area contributed by atoms with E-state index in [9.17, 15) is 4.79 Å². The van der Waals surface area contributed by atoms with Crippen molar-refractivity contribution < 1.29 is 9.21 Å². The van der Waals surface area contributed by atoms with Crippen molar-refractivity contribution in [3.05, 3.63) is 76.7 Å². The minimum absolute atomic E-state index is 0.262. The smallest absolute Gasteiger partial charge is 0.291 e. The lowest BCUT2D eigenvalue weighted by Crippen LogP contribution is -2.10. The molecule has 1 heterocycles. The van der Waals surface area contributed by atoms with Gasteiger partial charge in [0.05, 0.1) is 17.0 Å². The Morgan fingerprint density at radius 2 is 1.70 bits per heavy atom. The zero-order chi connectivity index (χ0) is 16.2. The van der Waals surface area contributed by atoms with Crippen LogP contribution in [-0.4, -0.2) is 5.91 Å². The summed E-state index contributed by atoms with van der Waals surface area (Å²) in [5.41, 5.74) is 2.20. The van der Waals surface area contributed by atoms with Crippen LogP contribution in [0.1, 0.15) is 10.6 Å². The minimum Gasteiger partial charge on any atom is -0.459 e. The van der Waals surface area contributed by atoms with Crippen molar-refractivity contribution in [2.75, 3.05) is 10.6 Å².